The van der Waals surface area contributed by atoms with E-state index in [2.05, 4.69) is 161 Å². The molecule has 5 unspecified atom stereocenters. The van der Waals surface area contributed by atoms with E-state index in [0.717, 1.165) is 186 Å². The molecule has 0 radical (unpaired) electrons. The second-order valence-corrected chi connectivity index (χ2v) is 28.8. The second-order valence-electron chi connectivity index (χ2n) is 25.9. The number of carbonyl (C=O) groups is 4. The van der Waals surface area contributed by atoms with Crippen molar-refractivity contribution >= 4 is 39.5 Å². The van der Waals surface area contributed by atoms with Crippen molar-refractivity contribution in [3.63, 3.8) is 0 Å². The van der Waals surface area contributed by atoms with E-state index in [0.29, 0.717) is 25.7 Å². The van der Waals surface area contributed by atoms with E-state index in [1.807, 2.05) is 0 Å². The third-order valence-electron chi connectivity index (χ3n) is 16.1. The van der Waals surface area contributed by atoms with Gasteiger partial charge in [0.2, 0.25) is 0 Å². The quantitative estimate of drug-likeness (QED) is 0.0169. The number of phosphoric ester groups is 2. The van der Waals surface area contributed by atoms with Crippen molar-refractivity contribution in [2.45, 2.75) is 329 Å². The maximum atomic E-state index is 13.1. The van der Waals surface area contributed by atoms with E-state index < -0.39 is 97.5 Å². The summed E-state index contributed by atoms with van der Waals surface area (Å²) >= 11 is 0. The van der Waals surface area contributed by atoms with Gasteiger partial charge < -0.3 is 33.8 Å². The standard InChI is InChI=1S/C83H140O17P2/c1-5-9-13-17-21-25-29-33-36-37-38-39-42-45-48-52-56-60-64-68-81(86)94-74-79(100-83(88)70-66-62-58-54-50-46-41-35-31-27-23-19-15-11-7-3)76-98-102(91,92)96-72-77(84)71-95-101(89,90)97-75-78(99-82(87)69-65-61-57-53-49-43-32-28-24-20-16-12-8-4)73-93-80(85)67-63-59-55-51-47-44-40-34-30-26-22-18-14-10-6-2/h9,11,13,15,21-23,25-28,32-36,38-41,45,48,77-79,84H,5-8,10,12,14,16-20,24,29-31,37,42-44,46-47,49-76H2,1-4H3,(H,89,90)(H,91,92)/b13-9-,15-11-,25-21-,26-22-,27-23-,32-28-,36-33-,39-38-,40-34-,41-35-,48-45-. The third-order valence-corrected chi connectivity index (χ3v) is 18.0. The zero-order valence-corrected chi connectivity index (χ0v) is 65.5. The predicted molar refractivity (Wildman–Crippen MR) is 418 cm³/mol. The fourth-order valence-electron chi connectivity index (χ4n) is 10.1. The molecule has 3 N–H and O–H groups in total. The van der Waals surface area contributed by atoms with Crippen molar-refractivity contribution in [3.05, 3.63) is 134 Å². The fourth-order valence-corrected chi connectivity index (χ4v) is 11.7. The fraction of sp³-hybridized carbons (Fsp3) is 0.687. The van der Waals surface area contributed by atoms with Gasteiger partial charge in [0.25, 0.3) is 0 Å². The monoisotopic (exact) mass is 1470 g/mol. The van der Waals surface area contributed by atoms with Crippen LogP contribution in [-0.4, -0.2) is 96.7 Å². The molecule has 102 heavy (non-hydrogen) atoms. The van der Waals surface area contributed by atoms with Gasteiger partial charge in [0, 0.05) is 25.7 Å². The van der Waals surface area contributed by atoms with Gasteiger partial charge in [0.15, 0.2) is 12.2 Å². The summed E-state index contributed by atoms with van der Waals surface area (Å²) in [5.41, 5.74) is 0. The van der Waals surface area contributed by atoms with Crippen LogP contribution < -0.4 is 0 Å². The molecule has 0 fully saturated rings. The van der Waals surface area contributed by atoms with Crippen LogP contribution in [0, 0.1) is 0 Å². The molecule has 0 saturated carbocycles. The Hall–Kier alpha value is -4.80. The highest BCUT2D eigenvalue weighted by molar-refractivity contribution is 7.47. The summed E-state index contributed by atoms with van der Waals surface area (Å²) in [5, 5.41) is 10.6. The summed E-state index contributed by atoms with van der Waals surface area (Å²) in [4.78, 5) is 73.0. The van der Waals surface area contributed by atoms with E-state index in [-0.39, 0.29) is 25.7 Å². The van der Waals surface area contributed by atoms with Crippen LogP contribution in [0.1, 0.15) is 310 Å². The summed E-state index contributed by atoms with van der Waals surface area (Å²) in [5.74, 6) is -2.25. The number of hydrogen-bond donors (Lipinski definition) is 3. The Labute approximate surface area is 618 Å². The molecule has 0 aliphatic rings. The SMILES string of the molecule is CC/C=C\C/C=C\C/C=C\C/C=C\C/C=C\CCCCCC(=O)OCC(COP(=O)(O)OCC(O)COP(=O)(O)OCC(COC(=O)CCCCCCC/C=C\C/C=C\CCCCC)OC(=O)CCCCCCC/C=C\CCCCCC)OC(=O)CCCCCCC/C=C\C/C=C\C/C=C\CC. The van der Waals surface area contributed by atoms with Crippen molar-refractivity contribution in [2.24, 2.45) is 0 Å². The number of allylic oxidation sites excluding steroid dienone is 22. The lowest BCUT2D eigenvalue weighted by Crippen LogP contribution is -2.30. The number of unbranched alkanes of at least 4 members (excludes halogenated alkanes) is 25. The lowest BCUT2D eigenvalue weighted by molar-refractivity contribution is -0.161. The number of hydrogen-bond acceptors (Lipinski definition) is 15. The maximum absolute atomic E-state index is 13.1. The first-order valence-electron chi connectivity index (χ1n) is 39.4. The molecule has 584 valence electrons. The molecule has 5 atom stereocenters. The average Bonchev–Trinajstić information content (AvgIpc) is 0.924. The normalized spacial score (nSPS) is 14.6. The summed E-state index contributed by atoms with van der Waals surface area (Å²) in [6.45, 7) is 4.53. The van der Waals surface area contributed by atoms with Crippen LogP contribution in [0.4, 0.5) is 0 Å². The van der Waals surface area contributed by atoms with Crippen LogP contribution >= 0.6 is 15.6 Å². The third kappa shape index (κ3) is 73.5. The predicted octanol–water partition coefficient (Wildman–Crippen LogP) is 22.9. The number of esters is 4. The van der Waals surface area contributed by atoms with E-state index in [9.17, 15) is 43.2 Å². The minimum absolute atomic E-state index is 0.0640. The van der Waals surface area contributed by atoms with Crippen molar-refractivity contribution < 1.29 is 80.2 Å². The first-order valence-corrected chi connectivity index (χ1v) is 42.4. The van der Waals surface area contributed by atoms with Crippen molar-refractivity contribution in [2.75, 3.05) is 39.6 Å². The molecule has 19 heteroatoms. The number of rotatable bonds is 73. The van der Waals surface area contributed by atoms with Crippen molar-refractivity contribution in [1.29, 1.82) is 0 Å². The Morgan fingerprint density at radius 2 is 0.510 bits per heavy atom. The highest BCUT2D eigenvalue weighted by Crippen LogP contribution is 2.45. The Morgan fingerprint density at radius 3 is 0.824 bits per heavy atom. The van der Waals surface area contributed by atoms with E-state index >= 15 is 0 Å². The number of phosphoric acid groups is 2. The van der Waals surface area contributed by atoms with Gasteiger partial charge in [-0.1, -0.05) is 258 Å². The van der Waals surface area contributed by atoms with Gasteiger partial charge >= 0.3 is 39.5 Å². The molecular weight excluding hydrogens is 1330 g/mol. The summed E-state index contributed by atoms with van der Waals surface area (Å²) in [6, 6.07) is 0. The van der Waals surface area contributed by atoms with Gasteiger partial charge in [-0.05, 0) is 161 Å². The Bertz CT molecular complexity index is 2460. The Balaban J connectivity index is 5.41. The zero-order chi connectivity index (χ0) is 74.6. The zero-order valence-electron chi connectivity index (χ0n) is 63.7. The van der Waals surface area contributed by atoms with Crippen LogP contribution in [-0.2, 0) is 65.4 Å². The minimum atomic E-state index is -4.99. The van der Waals surface area contributed by atoms with Crippen LogP contribution in [0.15, 0.2) is 134 Å². The molecule has 17 nitrogen and oxygen atoms in total. The van der Waals surface area contributed by atoms with Crippen molar-refractivity contribution in [3.8, 4) is 0 Å². The first-order chi connectivity index (χ1) is 49.7. The molecule has 0 spiro atoms. The smallest absolute Gasteiger partial charge is 0.462 e. The summed E-state index contributed by atoms with van der Waals surface area (Å²) in [7, 11) is -9.98. The van der Waals surface area contributed by atoms with Gasteiger partial charge in [0.05, 0.1) is 26.4 Å². The van der Waals surface area contributed by atoms with Gasteiger partial charge in [-0.3, -0.25) is 37.3 Å². The largest absolute Gasteiger partial charge is 0.472 e. The summed E-state index contributed by atoms with van der Waals surface area (Å²) in [6.07, 6.45) is 82.9. The average molecular weight is 1470 g/mol. The molecule has 0 rings (SSSR count). The number of ether oxygens (including phenoxy) is 4. The first kappa shape index (κ1) is 97.2. The molecule has 0 bridgehead atoms. The molecule has 0 amide bonds. The van der Waals surface area contributed by atoms with Crippen LogP contribution in [0.5, 0.6) is 0 Å². The molecule has 0 saturated heterocycles. The Kier molecular flexibility index (Phi) is 71.0. The lowest BCUT2D eigenvalue weighted by Gasteiger charge is -2.21. The second kappa shape index (κ2) is 74.5. The summed E-state index contributed by atoms with van der Waals surface area (Å²) < 4.78 is 68.5. The van der Waals surface area contributed by atoms with Crippen LogP contribution in [0.25, 0.3) is 0 Å². The van der Waals surface area contributed by atoms with E-state index in [4.69, 9.17) is 37.0 Å². The molecule has 0 aliphatic heterocycles. The van der Waals surface area contributed by atoms with Gasteiger partial charge in [-0.25, -0.2) is 9.13 Å². The van der Waals surface area contributed by atoms with E-state index in [1.54, 1.807) is 0 Å². The number of aliphatic hydroxyl groups is 1. The van der Waals surface area contributed by atoms with E-state index in [1.165, 1.54) is 44.9 Å². The topological polar surface area (TPSA) is 237 Å². The van der Waals surface area contributed by atoms with Gasteiger partial charge in [-0.15, -0.1) is 0 Å². The van der Waals surface area contributed by atoms with Gasteiger partial charge in [0.1, 0.15) is 19.3 Å². The minimum Gasteiger partial charge on any atom is -0.462 e. The van der Waals surface area contributed by atoms with Crippen LogP contribution in [0.2, 0.25) is 0 Å². The van der Waals surface area contributed by atoms with Crippen molar-refractivity contribution in [1.82, 2.24) is 0 Å². The number of aliphatic hydroxyl groups excluding tert-OH is 1. The maximum Gasteiger partial charge on any atom is 0.472 e. The molecule has 0 heterocycles. The Morgan fingerprint density at radius 1 is 0.284 bits per heavy atom. The molecular formula is C83H140O17P2. The highest BCUT2D eigenvalue weighted by Gasteiger charge is 2.30. The highest BCUT2D eigenvalue weighted by atomic mass is 31.2. The molecule has 0 aromatic heterocycles. The molecule has 0 aromatic rings. The van der Waals surface area contributed by atoms with Crippen LogP contribution in [0.3, 0.4) is 0 Å². The molecule has 0 aromatic carbocycles. The molecule has 0 aliphatic carbocycles. The lowest BCUT2D eigenvalue weighted by atomic mass is 10.1. The van der Waals surface area contributed by atoms with Gasteiger partial charge in [-0.2, -0.15) is 0 Å². The number of carbonyl (C=O) groups excluding carboxylic acids is 4.